The van der Waals surface area contributed by atoms with Gasteiger partial charge in [0.1, 0.15) is 12.6 Å². The largest absolute Gasteiger partial charge is 0.352 e. The van der Waals surface area contributed by atoms with Crippen molar-refractivity contribution in [1.82, 2.24) is 10.2 Å². The molecule has 1 aromatic carbocycles. The quantitative estimate of drug-likeness (QED) is 0.0769. The van der Waals surface area contributed by atoms with Crippen LogP contribution >= 0.6 is 0 Å². The van der Waals surface area contributed by atoms with Crippen LogP contribution in [0.1, 0.15) is 180 Å². The van der Waals surface area contributed by atoms with Crippen LogP contribution in [0.3, 0.4) is 0 Å². The van der Waals surface area contributed by atoms with E-state index in [1.54, 1.807) is 0 Å². The highest BCUT2D eigenvalue weighted by molar-refractivity contribution is 5.97. The predicted octanol–water partition coefficient (Wildman–Crippen LogP) is 9.58. The second kappa shape index (κ2) is 26.9. The second-order valence-corrected chi connectivity index (χ2v) is 11.9. The molecular weight excluding hydrogens is 508 g/mol. The summed E-state index contributed by atoms with van der Waals surface area (Å²) in [6.45, 7) is 8.42. The molecule has 1 aromatic rings. The smallest absolute Gasteiger partial charge is 0.251 e. The third kappa shape index (κ3) is 20.5. The maximum Gasteiger partial charge on any atom is 0.251 e. The topological polar surface area (TPSA) is 66.5 Å². The number of benzene rings is 1. The average Bonchev–Trinajstić information content (AvgIpc) is 3.00. The van der Waals surface area contributed by atoms with Crippen molar-refractivity contribution in [2.75, 3.05) is 26.2 Å². The average molecular weight is 571 g/mol. The molecule has 0 unspecified atom stereocenters. The van der Waals surface area contributed by atoms with Gasteiger partial charge in [-0.2, -0.15) is 0 Å². The minimum absolute atomic E-state index is 0.229. The monoisotopic (exact) mass is 570 g/mol. The first-order chi connectivity index (χ1) is 20.1. The summed E-state index contributed by atoms with van der Waals surface area (Å²) in [5.74, 6) is -0.229. The Morgan fingerprint density at radius 1 is 0.561 bits per heavy atom. The lowest BCUT2D eigenvalue weighted by molar-refractivity contribution is 0.0951. The summed E-state index contributed by atoms with van der Waals surface area (Å²) in [5.41, 5.74) is 1.06. The Labute approximate surface area is 252 Å². The number of aldehydes is 2. The molecule has 1 N–H and O–H groups in total. The lowest BCUT2D eigenvalue weighted by atomic mass is 10.1. The van der Waals surface area contributed by atoms with Crippen LogP contribution in [-0.4, -0.2) is 49.6 Å². The molecule has 5 heteroatoms. The van der Waals surface area contributed by atoms with Gasteiger partial charge in [-0.1, -0.05) is 129 Å². The van der Waals surface area contributed by atoms with Crippen LogP contribution in [0.4, 0.5) is 0 Å². The molecule has 0 radical (unpaired) electrons. The van der Waals surface area contributed by atoms with E-state index in [2.05, 4.69) is 24.1 Å². The van der Waals surface area contributed by atoms with Crippen molar-refractivity contribution in [3.05, 3.63) is 34.9 Å². The van der Waals surface area contributed by atoms with Crippen molar-refractivity contribution in [2.45, 2.75) is 149 Å². The fourth-order valence-corrected chi connectivity index (χ4v) is 5.53. The summed E-state index contributed by atoms with van der Waals surface area (Å²) in [7, 11) is 0. The van der Waals surface area contributed by atoms with Crippen LogP contribution in [0.25, 0.3) is 0 Å². The van der Waals surface area contributed by atoms with Gasteiger partial charge < -0.3 is 10.2 Å². The van der Waals surface area contributed by atoms with Crippen molar-refractivity contribution < 1.29 is 14.4 Å². The Morgan fingerprint density at radius 3 is 1.32 bits per heavy atom. The van der Waals surface area contributed by atoms with Gasteiger partial charge >= 0.3 is 0 Å². The highest BCUT2D eigenvalue weighted by Gasteiger charge is 2.10. The molecule has 0 aliphatic heterocycles. The Morgan fingerprint density at radius 2 is 0.927 bits per heavy atom. The normalized spacial score (nSPS) is 11.2. The minimum atomic E-state index is -0.229. The van der Waals surface area contributed by atoms with Crippen LogP contribution < -0.4 is 5.32 Å². The molecule has 0 atom stereocenters. The van der Waals surface area contributed by atoms with E-state index in [-0.39, 0.29) is 5.91 Å². The van der Waals surface area contributed by atoms with E-state index in [9.17, 15) is 14.4 Å². The Hall–Kier alpha value is -2.01. The molecule has 1 amide bonds. The third-order valence-electron chi connectivity index (χ3n) is 8.10. The number of amides is 1. The molecule has 0 aliphatic carbocycles. The zero-order valence-electron chi connectivity index (χ0n) is 26.7. The number of hydrogen-bond donors (Lipinski definition) is 1. The van der Waals surface area contributed by atoms with Gasteiger partial charge in [0.2, 0.25) is 0 Å². The van der Waals surface area contributed by atoms with Crippen molar-refractivity contribution in [2.24, 2.45) is 0 Å². The lowest BCUT2D eigenvalue weighted by Crippen LogP contribution is -2.31. The highest BCUT2D eigenvalue weighted by atomic mass is 16.1. The Bertz CT molecular complexity index is 745. The van der Waals surface area contributed by atoms with Crippen LogP contribution in [0, 0.1) is 0 Å². The van der Waals surface area contributed by atoms with Crippen LogP contribution in [-0.2, 0) is 0 Å². The first kappa shape index (κ1) is 37.0. The Kier molecular flexibility index (Phi) is 24.3. The number of nitrogens with zero attached hydrogens (tertiary/aromatic N) is 1. The molecule has 0 spiro atoms. The standard InChI is InChI=1S/C36H62N2O3/c1-3-5-7-9-11-13-15-17-19-21-25-38(26-22-20-18-16-14-12-10-8-6-4-2)27-23-24-37-36(41)35-29-33(31-39)28-34(30-35)32-40/h28-32H,3-27H2,1-2H3,(H,37,41). The number of unbranched alkanes of at least 4 members (excludes halogenated alkanes) is 18. The number of carbonyl (C=O) groups is 3. The third-order valence-corrected chi connectivity index (χ3v) is 8.10. The molecule has 0 aliphatic rings. The predicted molar refractivity (Wildman–Crippen MR) is 174 cm³/mol. The van der Waals surface area contributed by atoms with E-state index in [0.717, 1.165) is 26.1 Å². The molecule has 0 fully saturated rings. The van der Waals surface area contributed by atoms with Gasteiger partial charge in [-0.25, -0.2) is 0 Å². The van der Waals surface area contributed by atoms with Crippen molar-refractivity contribution >= 4 is 18.5 Å². The molecule has 234 valence electrons. The zero-order chi connectivity index (χ0) is 29.8. The van der Waals surface area contributed by atoms with Crippen LogP contribution in [0.5, 0.6) is 0 Å². The van der Waals surface area contributed by atoms with E-state index in [0.29, 0.717) is 35.8 Å². The first-order valence-electron chi connectivity index (χ1n) is 17.2. The van der Waals surface area contributed by atoms with Gasteiger partial charge in [0, 0.05) is 23.2 Å². The van der Waals surface area contributed by atoms with Gasteiger partial charge in [0.25, 0.3) is 5.91 Å². The number of hydrogen-bond acceptors (Lipinski definition) is 4. The van der Waals surface area contributed by atoms with Gasteiger partial charge in [0.05, 0.1) is 0 Å². The van der Waals surface area contributed by atoms with Crippen molar-refractivity contribution in [3.63, 3.8) is 0 Å². The fourth-order valence-electron chi connectivity index (χ4n) is 5.53. The highest BCUT2D eigenvalue weighted by Crippen LogP contribution is 2.13. The summed E-state index contributed by atoms with van der Waals surface area (Å²) in [4.78, 5) is 37.5. The van der Waals surface area contributed by atoms with E-state index in [1.807, 2.05) is 0 Å². The molecule has 0 saturated heterocycles. The number of rotatable bonds is 29. The second-order valence-electron chi connectivity index (χ2n) is 11.9. The minimum Gasteiger partial charge on any atom is -0.352 e. The maximum atomic E-state index is 12.6. The molecular formula is C36H62N2O3. The molecule has 1 rings (SSSR count). The van der Waals surface area contributed by atoms with E-state index < -0.39 is 0 Å². The summed E-state index contributed by atoms with van der Waals surface area (Å²) in [6, 6.07) is 4.58. The van der Waals surface area contributed by atoms with Gasteiger partial charge in [0.15, 0.2) is 0 Å². The lowest BCUT2D eigenvalue weighted by Gasteiger charge is -2.22. The van der Waals surface area contributed by atoms with E-state index in [4.69, 9.17) is 0 Å². The summed E-state index contributed by atoms with van der Waals surface area (Å²) in [5, 5.41) is 2.98. The SMILES string of the molecule is CCCCCCCCCCCCN(CCCCCCCCCCCC)CCCNC(=O)c1cc(C=O)cc(C=O)c1. The summed E-state index contributed by atoms with van der Waals surface area (Å²) in [6.07, 6.45) is 29.4. The molecule has 41 heavy (non-hydrogen) atoms. The molecule has 0 heterocycles. The Balaban J connectivity index is 2.34. The molecule has 0 saturated carbocycles. The number of carbonyl (C=O) groups excluding carboxylic acids is 3. The van der Waals surface area contributed by atoms with Crippen LogP contribution in [0.15, 0.2) is 18.2 Å². The van der Waals surface area contributed by atoms with Gasteiger partial charge in [-0.05, 0) is 57.1 Å². The van der Waals surface area contributed by atoms with Gasteiger partial charge in [-0.15, -0.1) is 0 Å². The molecule has 0 aromatic heterocycles. The van der Waals surface area contributed by atoms with E-state index >= 15 is 0 Å². The first-order valence-corrected chi connectivity index (χ1v) is 17.2. The van der Waals surface area contributed by atoms with Crippen molar-refractivity contribution in [1.29, 1.82) is 0 Å². The molecule has 0 bridgehead atoms. The fraction of sp³-hybridized carbons (Fsp3) is 0.750. The van der Waals surface area contributed by atoms with Crippen molar-refractivity contribution in [3.8, 4) is 0 Å². The maximum absolute atomic E-state index is 12.6. The van der Waals surface area contributed by atoms with E-state index in [1.165, 1.54) is 147 Å². The summed E-state index contributed by atoms with van der Waals surface area (Å²) < 4.78 is 0. The van der Waals surface area contributed by atoms with Crippen LogP contribution in [0.2, 0.25) is 0 Å². The zero-order valence-corrected chi connectivity index (χ0v) is 26.7. The number of nitrogens with one attached hydrogen (secondary N) is 1. The molecule has 5 nitrogen and oxygen atoms in total. The van der Waals surface area contributed by atoms with Gasteiger partial charge in [-0.3, -0.25) is 14.4 Å². The summed E-state index contributed by atoms with van der Waals surface area (Å²) >= 11 is 0.